The van der Waals surface area contributed by atoms with Crippen LogP contribution in [0.2, 0.25) is 0 Å². The monoisotopic (exact) mass is 305 g/mol. The van der Waals surface area contributed by atoms with E-state index in [2.05, 4.69) is 0 Å². The van der Waals surface area contributed by atoms with E-state index in [-0.39, 0.29) is 30.5 Å². The zero-order chi connectivity index (χ0) is 15.6. The summed E-state index contributed by atoms with van der Waals surface area (Å²) in [5.74, 6) is -2.01. The summed E-state index contributed by atoms with van der Waals surface area (Å²) in [7, 11) is -1.77. The fourth-order valence-electron chi connectivity index (χ4n) is 2.56. The van der Waals surface area contributed by atoms with Crippen LogP contribution in [0.15, 0.2) is 18.2 Å². The molecule has 0 amide bonds. The average Bonchev–Trinajstić information content (AvgIpc) is 2.40. The molecule has 2 N–H and O–H groups in total. The lowest BCUT2D eigenvalue weighted by Crippen LogP contribution is -2.41. The molecule has 1 aliphatic rings. The van der Waals surface area contributed by atoms with Gasteiger partial charge in [-0.2, -0.15) is 13.2 Å². The molecule has 1 atom stereocenters. The van der Waals surface area contributed by atoms with Crippen molar-refractivity contribution in [1.29, 1.82) is 0 Å². The lowest BCUT2D eigenvalue weighted by atomic mass is 9.80. The fraction of sp³-hybridized carbons (Fsp3) is 0.538. The molecule has 1 aromatic rings. The number of halogens is 4. The third-order valence-electron chi connectivity index (χ3n) is 3.74. The van der Waals surface area contributed by atoms with Crippen molar-refractivity contribution in [3.05, 3.63) is 29.6 Å². The SMILES string of the molecule is OB(O)c1ccc(CN2CCCC(C(F)(F)F)C2)c(F)c1. The number of nitrogens with zero attached hydrogens (tertiary/aromatic N) is 1. The van der Waals surface area contributed by atoms with Crippen molar-refractivity contribution < 1.29 is 27.6 Å². The van der Waals surface area contributed by atoms with Crippen LogP contribution < -0.4 is 5.46 Å². The van der Waals surface area contributed by atoms with Crippen LogP contribution in [-0.4, -0.2) is 41.3 Å². The topological polar surface area (TPSA) is 43.7 Å². The van der Waals surface area contributed by atoms with Gasteiger partial charge in [-0.3, -0.25) is 4.90 Å². The Hall–Kier alpha value is -1.12. The molecule has 1 aliphatic heterocycles. The summed E-state index contributed by atoms with van der Waals surface area (Å²) in [6, 6.07) is 3.72. The quantitative estimate of drug-likeness (QED) is 0.653. The van der Waals surface area contributed by atoms with Crippen LogP contribution in [0.5, 0.6) is 0 Å². The standard InChI is InChI=1S/C13H16BF4NO2/c15-12-6-11(14(20)21)4-3-9(12)7-19-5-1-2-10(8-19)13(16,17)18/h3-4,6,10,20-21H,1-2,5,7-8H2. The van der Waals surface area contributed by atoms with Gasteiger partial charge in [0, 0.05) is 18.7 Å². The van der Waals surface area contributed by atoms with E-state index in [0.29, 0.717) is 13.0 Å². The molecule has 1 aromatic carbocycles. The van der Waals surface area contributed by atoms with Crippen molar-refractivity contribution in [1.82, 2.24) is 4.90 Å². The maximum atomic E-state index is 13.8. The third-order valence-corrected chi connectivity index (χ3v) is 3.74. The molecule has 0 aliphatic carbocycles. The van der Waals surface area contributed by atoms with Crippen LogP contribution in [-0.2, 0) is 6.54 Å². The number of alkyl halides is 3. The number of piperidine rings is 1. The van der Waals surface area contributed by atoms with Crippen molar-refractivity contribution in [2.24, 2.45) is 5.92 Å². The summed E-state index contributed by atoms with van der Waals surface area (Å²) in [5.41, 5.74) is 0.269. The van der Waals surface area contributed by atoms with Crippen LogP contribution in [0.4, 0.5) is 17.6 Å². The van der Waals surface area contributed by atoms with Gasteiger partial charge in [-0.15, -0.1) is 0 Å². The summed E-state index contributed by atoms with van der Waals surface area (Å²) >= 11 is 0. The van der Waals surface area contributed by atoms with E-state index in [1.54, 1.807) is 4.90 Å². The molecule has 3 nitrogen and oxygen atoms in total. The van der Waals surface area contributed by atoms with E-state index in [4.69, 9.17) is 10.0 Å². The molecule has 0 bridgehead atoms. The lowest BCUT2D eigenvalue weighted by molar-refractivity contribution is -0.187. The predicted octanol–water partition coefficient (Wildman–Crippen LogP) is 1.28. The predicted molar refractivity (Wildman–Crippen MR) is 70.3 cm³/mol. The zero-order valence-corrected chi connectivity index (χ0v) is 11.3. The molecular formula is C13H16BF4NO2. The van der Waals surface area contributed by atoms with Crippen molar-refractivity contribution in [2.75, 3.05) is 13.1 Å². The normalized spacial score (nSPS) is 20.6. The van der Waals surface area contributed by atoms with Gasteiger partial charge in [-0.05, 0) is 30.9 Å². The molecule has 0 aromatic heterocycles. The first kappa shape index (κ1) is 16.3. The molecule has 1 unspecified atom stereocenters. The largest absolute Gasteiger partial charge is 0.488 e. The third kappa shape index (κ3) is 4.18. The molecule has 1 fully saturated rings. The van der Waals surface area contributed by atoms with Crippen LogP contribution >= 0.6 is 0 Å². The maximum Gasteiger partial charge on any atom is 0.488 e. The van der Waals surface area contributed by atoms with Gasteiger partial charge >= 0.3 is 13.3 Å². The highest BCUT2D eigenvalue weighted by atomic mass is 19.4. The summed E-state index contributed by atoms with van der Waals surface area (Å²) in [4.78, 5) is 1.58. The molecular weight excluding hydrogens is 289 g/mol. The maximum absolute atomic E-state index is 13.8. The van der Waals surface area contributed by atoms with Gasteiger partial charge < -0.3 is 10.0 Å². The molecule has 8 heteroatoms. The molecule has 21 heavy (non-hydrogen) atoms. The van der Waals surface area contributed by atoms with E-state index in [9.17, 15) is 17.6 Å². The van der Waals surface area contributed by atoms with Gasteiger partial charge in [-0.25, -0.2) is 4.39 Å². The van der Waals surface area contributed by atoms with Crippen LogP contribution in [0, 0.1) is 11.7 Å². The van der Waals surface area contributed by atoms with Gasteiger partial charge in [0.25, 0.3) is 0 Å². The Balaban J connectivity index is 2.04. The first-order valence-electron chi connectivity index (χ1n) is 6.71. The van der Waals surface area contributed by atoms with Gasteiger partial charge in [0.2, 0.25) is 0 Å². The molecule has 2 rings (SSSR count). The van der Waals surface area contributed by atoms with E-state index in [1.165, 1.54) is 12.1 Å². The summed E-state index contributed by atoms with van der Waals surface area (Å²) in [5, 5.41) is 17.9. The minimum atomic E-state index is -4.22. The van der Waals surface area contributed by atoms with E-state index in [1.807, 2.05) is 0 Å². The number of benzene rings is 1. The number of hydrogen-bond donors (Lipinski definition) is 2. The zero-order valence-electron chi connectivity index (χ0n) is 11.3. The van der Waals surface area contributed by atoms with Gasteiger partial charge in [-0.1, -0.05) is 12.1 Å². The Labute approximate surface area is 120 Å². The molecule has 1 heterocycles. The smallest absolute Gasteiger partial charge is 0.423 e. The Kier molecular flexibility index (Phi) is 4.90. The first-order valence-corrected chi connectivity index (χ1v) is 6.71. The van der Waals surface area contributed by atoms with Crippen LogP contribution in [0.3, 0.4) is 0 Å². The molecule has 0 spiro atoms. The minimum Gasteiger partial charge on any atom is -0.423 e. The van der Waals surface area contributed by atoms with Gasteiger partial charge in [0.05, 0.1) is 5.92 Å². The Morgan fingerprint density at radius 1 is 1.29 bits per heavy atom. The van der Waals surface area contributed by atoms with Crippen molar-refractivity contribution in [3.8, 4) is 0 Å². The summed E-state index contributed by atoms with van der Waals surface area (Å²) < 4.78 is 52.0. The second kappa shape index (κ2) is 6.33. The lowest BCUT2D eigenvalue weighted by Gasteiger charge is -2.33. The highest BCUT2D eigenvalue weighted by Gasteiger charge is 2.41. The van der Waals surface area contributed by atoms with Gasteiger partial charge in [0.1, 0.15) is 5.82 Å². The van der Waals surface area contributed by atoms with E-state index >= 15 is 0 Å². The molecule has 1 saturated heterocycles. The highest BCUT2D eigenvalue weighted by Crippen LogP contribution is 2.33. The number of rotatable bonds is 3. The van der Waals surface area contributed by atoms with Crippen molar-refractivity contribution >= 4 is 12.6 Å². The van der Waals surface area contributed by atoms with Crippen LogP contribution in [0.1, 0.15) is 18.4 Å². The first-order chi connectivity index (χ1) is 9.77. The second-order valence-electron chi connectivity index (χ2n) is 5.34. The van der Waals surface area contributed by atoms with Crippen molar-refractivity contribution in [3.63, 3.8) is 0 Å². The molecule has 0 saturated carbocycles. The van der Waals surface area contributed by atoms with Crippen molar-refractivity contribution in [2.45, 2.75) is 25.6 Å². The van der Waals surface area contributed by atoms with Gasteiger partial charge in [0.15, 0.2) is 0 Å². The highest BCUT2D eigenvalue weighted by molar-refractivity contribution is 6.58. The summed E-state index contributed by atoms with van der Waals surface area (Å²) in [6.45, 7) is 0.448. The van der Waals surface area contributed by atoms with Crippen LogP contribution in [0.25, 0.3) is 0 Å². The fourth-order valence-corrected chi connectivity index (χ4v) is 2.56. The Morgan fingerprint density at radius 3 is 2.57 bits per heavy atom. The van der Waals surface area contributed by atoms with E-state index in [0.717, 1.165) is 6.07 Å². The minimum absolute atomic E-state index is 0.0167. The molecule has 0 radical (unpaired) electrons. The second-order valence-corrected chi connectivity index (χ2v) is 5.34. The van der Waals surface area contributed by atoms with E-state index < -0.39 is 25.0 Å². The Bertz CT molecular complexity index is 496. The Morgan fingerprint density at radius 2 is 2.00 bits per heavy atom. The number of likely N-dealkylation sites (tertiary alicyclic amines) is 1. The molecule has 116 valence electrons. The average molecular weight is 305 g/mol. The number of hydrogen-bond acceptors (Lipinski definition) is 3. The summed E-state index contributed by atoms with van der Waals surface area (Å²) in [6.07, 6.45) is -3.68.